The van der Waals surface area contributed by atoms with Gasteiger partial charge in [-0.15, -0.1) is 0 Å². The van der Waals surface area contributed by atoms with Crippen molar-refractivity contribution in [3.05, 3.63) is 35.9 Å². The van der Waals surface area contributed by atoms with Crippen LogP contribution in [0.5, 0.6) is 0 Å². The smallest absolute Gasteiger partial charge is 0.336 e. The second-order valence-electron chi connectivity index (χ2n) is 3.62. The minimum atomic E-state index is -1.46. The number of carbonyl (C=O) groups excluding carboxylic acids is 1. The summed E-state index contributed by atoms with van der Waals surface area (Å²) in [6.45, 7) is -0.153. The molecule has 1 aliphatic rings. The molecule has 0 bridgehead atoms. The lowest BCUT2D eigenvalue weighted by atomic mass is 9.90. The summed E-state index contributed by atoms with van der Waals surface area (Å²) in [6, 6.07) is 8.54. The van der Waals surface area contributed by atoms with Gasteiger partial charge in [0, 0.05) is 0 Å². The average Bonchev–Trinajstić information content (AvgIpc) is 2.30. The number of hydrogen-bond acceptors (Lipinski definition) is 3. The number of ether oxygens (including phenoxy) is 1. The van der Waals surface area contributed by atoms with Crippen molar-refractivity contribution in [3.63, 3.8) is 0 Å². The third kappa shape index (κ3) is 1.65. The first-order chi connectivity index (χ1) is 7.65. The molecule has 2 N–H and O–H groups in total. The summed E-state index contributed by atoms with van der Waals surface area (Å²) in [7, 11) is 0. The van der Waals surface area contributed by atoms with Gasteiger partial charge in [-0.05, 0) is 5.56 Å². The van der Waals surface area contributed by atoms with Gasteiger partial charge < -0.3 is 15.2 Å². The molecule has 84 valence electrons. The number of amides is 1. The Bertz CT molecular complexity index is 417. The SMILES string of the molecule is O=C1COCC(C(=O)O)(c2ccccc2)N1. The lowest BCUT2D eigenvalue weighted by Gasteiger charge is -2.34. The molecule has 1 aromatic rings. The number of carboxylic acid groups (broad SMARTS) is 1. The molecule has 0 radical (unpaired) electrons. The van der Waals surface area contributed by atoms with E-state index in [1.54, 1.807) is 30.3 Å². The maximum atomic E-state index is 11.3. The third-order valence-electron chi connectivity index (χ3n) is 2.54. The van der Waals surface area contributed by atoms with Crippen molar-refractivity contribution in [3.8, 4) is 0 Å². The van der Waals surface area contributed by atoms with Gasteiger partial charge in [-0.1, -0.05) is 30.3 Å². The van der Waals surface area contributed by atoms with E-state index >= 15 is 0 Å². The molecule has 1 amide bonds. The molecule has 16 heavy (non-hydrogen) atoms. The summed E-state index contributed by atoms with van der Waals surface area (Å²) in [5.41, 5.74) is -0.952. The second kappa shape index (κ2) is 3.94. The van der Waals surface area contributed by atoms with Crippen LogP contribution >= 0.6 is 0 Å². The Hall–Kier alpha value is -1.88. The van der Waals surface area contributed by atoms with Gasteiger partial charge in [0.15, 0.2) is 5.54 Å². The molecule has 1 aliphatic heterocycles. The van der Waals surface area contributed by atoms with Gasteiger partial charge in [0.1, 0.15) is 6.61 Å². The van der Waals surface area contributed by atoms with Crippen molar-refractivity contribution in [1.82, 2.24) is 5.32 Å². The van der Waals surface area contributed by atoms with E-state index in [9.17, 15) is 14.7 Å². The van der Waals surface area contributed by atoms with Crippen molar-refractivity contribution in [2.24, 2.45) is 0 Å². The molecule has 1 heterocycles. The van der Waals surface area contributed by atoms with Gasteiger partial charge in [0.2, 0.25) is 5.91 Å². The monoisotopic (exact) mass is 221 g/mol. The maximum absolute atomic E-state index is 11.3. The lowest BCUT2D eigenvalue weighted by Crippen LogP contribution is -2.59. The topological polar surface area (TPSA) is 75.6 Å². The molecular weight excluding hydrogens is 210 g/mol. The van der Waals surface area contributed by atoms with Crippen LogP contribution in [0, 0.1) is 0 Å². The first-order valence-electron chi connectivity index (χ1n) is 4.83. The van der Waals surface area contributed by atoms with Crippen LogP contribution in [-0.2, 0) is 19.9 Å². The minimum Gasteiger partial charge on any atom is -0.479 e. The van der Waals surface area contributed by atoms with E-state index in [4.69, 9.17) is 4.74 Å². The number of carboxylic acids is 1. The Kier molecular flexibility index (Phi) is 2.62. The highest BCUT2D eigenvalue weighted by Crippen LogP contribution is 2.24. The fourth-order valence-electron chi connectivity index (χ4n) is 1.72. The Morgan fingerprint density at radius 3 is 2.62 bits per heavy atom. The second-order valence-corrected chi connectivity index (χ2v) is 3.62. The third-order valence-corrected chi connectivity index (χ3v) is 2.54. The van der Waals surface area contributed by atoms with Gasteiger partial charge in [-0.2, -0.15) is 0 Å². The van der Waals surface area contributed by atoms with E-state index in [0.29, 0.717) is 5.56 Å². The number of morpholine rings is 1. The fraction of sp³-hybridized carbons (Fsp3) is 0.273. The number of benzene rings is 1. The van der Waals surface area contributed by atoms with Crippen LogP contribution in [0.2, 0.25) is 0 Å². The highest BCUT2D eigenvalue weighted by Gasteiger charge is 2.44. The van der Waals surface area contributed by atoms with Crippen LogP contribution < -0.4 is 5.32 Å². The fourth-order valence-corrected chi connectivity index (χ4v) is 1.72. The van der Waals surface area contributed by atoms with Gasteiger partial charge in [0.05, 0.1) is 6.61 Å². The van der Waals surface area contributed by atoms with Gasteiger partial charge in [-0.25, -0.2) is 4.79 Å². The molecule has 2 rings (SSSR count). The summed E-state index contributed by atoms with van der Waals surface area (Å²) in [5.74, 6) is -1.54. The van der Waals surface area contributed by atoms with Gasteiger partial charge in [0.25, 0.3) is 0 Å². The molecule has 1 fully saturated rings. The van der Waals surface area contributed by atoms with Crippen LogP contribution in [-0.4, -0.2) is 30.2 Å². The summed E-state index contributed by atoms with van der Waals surface area (Å²) < 4.78 is 5.02. The summed E-state index contributed by atoms with van der Waals surface area (Å²) in [4.78, 5) is 22.6. The average molecular weight is 221 g/mol. The predicted octanol–water partition coefficient (Wildman–Crippen LogP) is 0.113. The van der Waals surface area contributed by atoms with Crippen LogP contribution in [0.4, 0.5) is 0 Å². The van der Waals surface area contributed by atoms with Crippen molar-refractivity contribution >= 4 is 11.9 Å². The van der Waals surface area contributed by atoms with Crippen LogP contribution in [0.25, 0.3) is 0 Å². The van der Waals surface area contributed by atoms with Crippen molar-refractivity contribution in [1.29, 1.82) is 0 Å². The van der Waals surface area contributed by atoms with Crippen LogP contribution in [0.3, 0.4) is 0 Å². The molecule has 1 aromatic carbocycles. The highest BCUT2D eigenvalue weighted by atomic mass is 16.5. The van der Waals surface area contributed by atoms with Crippen LogP contribution in [0.1, 0.15) is 5.56 Å². The zero-order valence-electron chi connectivity index (χ0n) is 8.47. The maximum Gasteiger partial charge on any atom is 0.336 e. The lowest BCUT2D eigenvalue weighted by molar-refractivity contribution is -0.158. The summed E-state index contributed by atoms with van der Waals surface area (Å²) in [6.07, 6.45) is 0. The number of nitrogens with one attached hydrogen (secondary N) is 1. The van der Waals surface area contributed by atoms with Crippen molar-refractivity contribution < 1.29 is 19.4 Å². The predicted molar refractivity (Wildman–Crippen MR) is 54.7 cm³/mol. The molecule has 1 atom stereocenters. The normalized spacial score (nSPS) is 24.9. The van der Waals surface area contributed by atoms with E-state index in [1.165, 1.54) is 0 Å². The zero-order chi connectivity index (χ0) is 11.6. The first kappa shape index (κ1) is 10.6. The summed E-state index contributed by atoms with van der Waals surface area (Å²) in [5, 5.41) is 11.7. The largest absolute Gasteiger partial charge is 0.479 e. The van der Waals surface area contributed by atoms with Crippen molar-refractivity contribution in [2.45, 2.75) is 5.54 Å². The summed E-state index contributed by atoms with van der Waals surface area (Å²) >= 11 is 0. The number of rotatable bonds is 2. The number of hydrogen-bond donors (Lipinski definition) is 2. The molecule has 0 aromatic heterocycles. The van der Waals surface area contributed by atoms with Crippen molar-refractivity contribution in [2.75, 3.05) is 13.2 Å². The Morgan fingerprint density at radius 2 is 2.06 bits per heavy atom. The first-order valence-corrected chi connectivity index (χ1v) is 4.83. The molecule has 0 saturated carbocycles. The standard InChI is InChI=1S/C11H11NO4/c13-9-6-16-7-11(12-9,10(14)15)8-4-2-1-3-5-8/h1-5H,6-7H2,(H,12,13)(H,14,15). The molecule has 5 heteroatoms. The van der Waals surface area contributed by atoms with E-state index in [2.05, 4.69) is 5.32 Å². The van der Waals surface area contributed by atoms with E-state index in [-0.39, 0.29) is 13.2 Å². The van der Waals surface area contributed by atoms with Gasteiger partial charge in [-0.3, -0.25) is 4.79 Å². The Morgan fingerprint density at radius 1 is 1.38 bits per heavy atom. The molecule has 0 aliphatic carbocycles. The molecule has 0 spiro atoms. The minimum absolute atomic E-state index is 0.0575. The number of carbonyl (C=O) groups is 2. The Labute approximate surface area is 92.0 Å². The van der Waals surface area contributed by atoms with Crippen LogP contribution in [0.15, 0.2) is 30.3 Å². The number of aliphatic carboxylic acids is 1. The van der Waals surface area contributed by atoms with E-state index in [0.717, 1.165) is 0 Å². The molecule has 5 nitrogen and oxygen atoms in total. The Balaban J connectivity index is 2.43. The molecule has 1 saturated heterocycles. The quantitative estimate of drug-likeness (QED) is 0.743. The van der Waals surface area contributed by atoms with E-state index < -0.39 is 17.4 Å². The van der Waals surface area contributed by atoms with E-state index in [1.807, 2.05) is 0 Å². The van der Waals surface area contributed by atoms with Gasteiger partial charge >= 0.3 is 5.97 Å². The molecule has 1 unspecified atom stereocenters. The molecular formula is C11H11NO4. The highest BCUT2D eigenvalue weighted by molar-refractivity contribution is 5.89. The zero-order valence-corrected chi connectivity index (χ0v) is 8.47.